The smallest absolute Gasteiger partial charge is 0.255 e. The lowest BCUT2D eigenvalue weighted by molar-refractivity contribution is -0.148. The standard InChI is InChI=1S/C26H31FN4O8/c1-25(2,29-3)24(38)30-13-8-12(27)10-6-9-7-11-17(31(4)5)20(34)16(23(28)37)22(36)26(11,39)21(35)14(9)19(33)15(10)18(13)32/h8-9,11,17,29,32,34-35,39H,6-7H2,1-5H3,(H2,28,37)(H,30,38)/t9-,11-,17-,26-/m0/s1. The Kier molecular flexibility index (Phi) is 6.61. The van der Waals surface area contributed by atoms with Gasteiger partial charge in [-0.05, 0) is 53.8 Å². The number of Topliss-reactive ketones (excluding diaryl/α,β-unsaturated/α-hetero) is 2. The highest BCUT2D eigenvalue weighted by Crippen LogP contribution is 2.53. The first-order valence-corrected chi connectivity index (χ1v) is 12.2. The number of nitrogens with one attached hydrogen (secondary N) is 2. The molecular weight excluding hydrogens is 515 g/mol. The van der Waals surface area contributed by atoms with Gasteiger partial charge in [-0.25, -0.2) is 4.39 Å². The lowest BCUT2D eigenvalue weighted by Crippen LogP contribution is -2.63. The Morgan fingerprint density at radius 2 is 1.82 bits per heavy atom. The summed E-state index contributed by atoms with van der Waals surface area (Å²) < 4.78 is 15.3. The molecule has 0 aromatic heterocycles. The largest absolute Gasteiger partial charge is 0.510 e. The number of anilines is 1. The number of nitrogens with two attached hydrogens (primary N) is 1. The number of phenols is 1. The number of fused-ring (bicyclic) bond motifs is 3. The Labute approximate surface area is 223 Å². The number of likely N-dealkylation sites (N-methyl/N-ethyl adjacent to an activating group) is 2. The van der Waals surface area contributed by atoms with Crippen molar-refractivity contribution in [1.82, 2.24) is 10.2 Å². The number of allylic oxidation sites excluding steroid dienone is 1. The minimum Gasteiger partial charge on any atom is -0.510 e. The molecule has 1 aromatic carbocycles. The van der Waals surface area contributed by atoms with E-state index >= 15 is 4.39 Å². The fraction of sp³-hybridized carbons (Fsp3) is 0.462. The predicted molar refractivity (Wildman–Crippen MR) is 135 cm³/mol. The molecule has 0 aliphatic heterocycles. The van der Waals surface area contributed by atoms with Crippen molar-refractivity contribution < 1.29 is 44.0 Å². The highest BCUT2D eigenvalue weighted by Gasteiger charge is 2.63. The monoisotopic (exact) mass is 546 g/mol. The van der Waals surface area contributed by atoms with Gasteiger partial charge in [0.1, 0.15) is 22.9 Å². The molecule has 3 aliphatic rings. The van der Waals surface area contributed by atoms with E-state index in [9.17, 15) is 39.6 Å². The summed E-state index contributed by atoms with van der Waals surface area (Å²) in [4.78, 5) is 53.1. The molecule has 0 heterocycles. The van der Waals surface area contributed by atoms with Gasteiger partial charge in [-0.1, -0.05) is 0 Å². The Hall–Kier alpha value is -3.81. The van der Waals surface area contributed by atoms with E-state index in [0.717, 1.165) is 6.07 Å². The van der Waals surface area contributed by atoms with Gasteiger partial charge in [0.25, 0.3) is 5.91 Å². The molecule has 0 radical (unpaired) electrons. The van der Waals surface area contributed by atoms with Crippen molar-refractivity contribution in [3.05, 3.63) is 45.7 Å². The van der Waals surface area contributed by atoms with E-state index in [1.54, 1.807) is 13.8 Å². The number of aliphatic hydroxyl groups is 3. The van der Waals surface area contributed by atoms with Gasteiger partial charge in [0.2, 0.25) is 11.7 Å². The zero-order valence-corrected chi connectivity index (χ0v) is 22.0. The van der Waals surface area contributed by atoms with Crippen LogP contribution in [0.1, 0.15) is 36.2 Å². The third-order valence-electron chi connectivity index (χ3n) is 8.11. The van der Waals surface area contributed by atoms with E-state index in [2.05, 4.69) is 10.6 Å². The molecular formula is C26H31FN4O8. The Bertz CT molecular complexity index is 1400. The summed E-state index contributed by atoms with van der Waals surface area (Å²) in [6, 6.07) is -0.263. The van der Waals surface area contributed by atoms with Crippen LogP contribution in [-0.4, -0.2) is 87.0 Å². The van der Waals surface area contributed by atoms with Crippen molar-refractivity contribution in [2.24, 2.45) is 17.6 Å². The van der Waals surface area contributed by atoms with Crippen molar-refractivity contribution in [3.8, 4) is 5.75 Å². The molecule has 1 aromatic rings. The van der Waals surface area contributed by atoms with Crippen LogP contribution in [0, 0.1) is 17.7 Å². The van der Waals surface area contributed by atoms with Crippen molar-refractivity contribution in [3.63, 3.8) is 0 Å². The van der Waals surface area contributed by atoms with E-state index in [0.29, 0.717) is 0 Å². The van der Waals surface area contributed by atoms with Gasteiger partial charge in [0.15, 0.2) is 17.1 Å². The van der Waals surface area contributed by atoms with E-state index in [4.69, 9.17) is 5.73 Å². The molecule has 2 amide bonds. The summed E-state index contributed by atoms with van der Waals surface area (Å²) in [6.07, 6.45) is -0.370. The number of amides is 2. The number of hydrogen-bond donors (Lipinski definition) is 7. The maximum atomic E-state index is 15.3. The quantitative estimate of drug-likeness (QED) is 0.197. The zero-order valence-electron chi connectivity index (χ0n) is 22.0. The first kappa shape index (κ1) is 28.2. The maximum Gasteiger partial charge on any atom is 0.255 e. The Balaban J connectivity index is 1.89. The SMILES string of the molecule is CNC(C)(C)C(=O)Nc1cc(F)c2c(c1O)C(=O)C1=C(O)[C@]3(O)C(=O)C(C(N)=O)=C(O)[C@@H](N(C)C)[C@@H]3C[C@@H]1C2. The number of hydrogen-bond acceptors (Lipinski definition) is 10. The molecule has 8 N–H and O–H groups in total. The lowest BCUT2D eigenvalue weighted by atomic mass is 9.58. The fourth-order valence-electron chi connectivity index (χ4n) is 5.76. The first-order chi connectivity index (χ1) is 18.0. The second-order valence-electron chi connectivity index (χ2n) is 10.9. The maximum absolute atomic E-state index is 15.3. The van der Waals surface area contributed by atoms with Crippen molar-refractivity contribution in [1.29, 1.82) is 0 Å². The molecule has 0 saturated carbocycles. The van der Waals surface area contributed by atoms with Crippen LogP contribution in [-0.2, 0) is 20.8 Å². The average Bonchev–Trinajstić information content (AvgIpc) is 2.83. The molecule has 12 nitrogen and oxygen atoms in total. The molecule has 0 fully saturated rings. The molecule has 0 saturated heterocycles. The normalized spacial score (nSPS) is 26.8. The summed E-state index contributed by atoms with van der Waals surface area (Å²) in [5.41, 5.74) is -1.05. The molecule has 4 rings (SSSR count). The Morgan fingerprint density at radius 3 is 2.36 bits per heavy atom. The molecule has 13 heteroatoms. The van der Waals surface area contributed by atoms with Crippen LogP contribution in [0.4, 0.5) is 10.1 Å². The summed E-state index contributed by atoms with van der Waals surface area (Å²) in [6.45, 7) is 3.08. The molecule has 3 aliphatic carbocycles. The number of halogens is 1. The minimum absolute atomic E-state index is 0.166. The molecule has 0 unspecified atom stereocenters. The number of carbonyl (C=O) groups excluding carboxylic acids is 4. The number of benzene rings is 1. The topological polar surface area (TPSA) is 203 Å². The number of phenolic OH excluding ortho intramolecular Hbond substituents is 1. The van der Waals surface area contributed by atoms with Crippen LogP contribution in [0.15, 0.2) is 28.7 Å². The number of ketones is 2. The lowest BCUT2D eigenvalue weighted by Gasteiger charge is -2.50. The van der Waals surface area contributed by atoms with Gasteiger partial charge in [-0.3, -0.25) is 24.1 Å². The molecule has 0 spiro atoms. The third-order valence-corrected chi connectivity index (χ3v) is 8.11. The van der Waals surface area contributed by atoms with Gasteiger partial charge < -0.3 is 36.8 Å². The fourth-order valence-corrected chi connectivity index (χ4v) is 5.76. The Morgan fingerprint density at radius 1 is 1.21 bits per heavy atom. The van der Waals surface area contributed by atoms with Crippen LogP contribution < -0.4 is 16.4 Å². The number of aliphatic hydroxyl groups excluding tert-OH is 2. The summed E-state index contributed by atoms with van der Waals surface area (Å²) in [5, 5.41) is 49.7. The second-order valence-corrected chi connectivity index (χ2v) is 10.9. The first-order valence-electron chi connectivity index (χ1n) is 12.2. The molecule has 4 atom stereocenters. The number of rotatable bonds is 5. The van der Waals surface area contributed by atoms with Crippen LogP contribution in [0.25, 0.3) is 0 Å². The zero-order chi connectivity index (χ0) is 29.4. The number of nitrogens with zero attached hydrogens (tertiary/aromatic N) is 1. The second kappa shape index (κ2) is 9.14. The van der Waals surface area contributed by atoms with Gasteiger partial charge in [0, 0.05) is 23.1 Å². The van der Waals surface area contributed by atoms with Crippen LogP contribution in [0.2, 0.25) is 0 Å². The van der Waals surface area contributed by atoms with E-state index < -0.39 is 92.2 Å². The van der Waals surface area contributed by atoms with Crippen molar-refractivity contribution in [2.45, 2.75) is 43.9 Å². The minimum atomic E-state index is -2.80. The molecule has 210 valence electrons. The van der Waals surface area contributed by atoms with Crippen LogP contribution in [0.5, 0.6) is 5.75 Å². The average molecular weight is 547 g/mol. The van der Waals surface area contributed by atoms with Crippen molar-refractivity contribution >= 4 is 29.1 Å². The van der Waals surface area contributed by atoms with Gasteiger partial charge in [0.05, 0.1) is 22.8 Å². The summed E-state index contributed by atoms with van der Waals surface area (Å²) in [7, 11) is 4.55. The summed E-state index contributed by atoms with van der Waals surface area (Å²) in [5.74, 6) is -9.92. The van der Waals surface area contributed by atoms with Crippen LogP contribution >= 0.6 is 0 Å². The van der Waals surface area contributed by atoms with Gasteiger partial charge in [-0.15, -0.1) is 0 Å². The molecule has 39 heavy (non-hydrogen) atoms. The number of carbonyl (C=O) groups is 4. The van der Waals surface area contributed by atoms with E-state index in [1.807, 2.05) is 0 Å². The third kappa shape index (κ3) is 3.91. The van der Waals surface area contributed by atoms with Gasteiger partial charge in [-0.2, -0.15) is 0 Å². The van der Waals surface area contributed by atoms with E-state index in [-0.39, 0.29) is 24.1 Å². The predicted octanol–water partition coefficient (Wildman–Crippen LogP) is 0.196. The van der Waals surface area contributed by atoms with E-state index in [1.165, 1.54) is 26.0 Å². The summed E-state index contributed by atoms with van der Waals surface area (Å²) >= 11 is 0. The highest BCUT2D eigenvalue weighted by molar-refractivity contribution is 6.25. The molecule has 0 bridgehead atoms. The van der Waals surface area contributed by atoms with Crippen molar-refractivity contribution in [2.75, 3.05) is 26.5 Å². The van der Waals surface area contributed by atoms with Gasteiger partial charge >= 0.3 is 0 Å². The number of aromatic hydroxyl groups is 1. The highest BCUT2D eigenvalue weighted by atomic mass is 19.1. The van der Waals surface area contributed by atoms with Crippen LogP contribution in [0.3, 0.4) is 0 Å². The number of primary amides is 1.